The third kappa shape index (κ3) is 4.62. The van der Waals surface area contributed by atoms with Gasteiger partial charge in [-0.15, -0.1) is 0 Å². The number of aromatic amines is 1. The molecule has 0 unspecified atom stereocenters. The topological polar surface area (TPSA) is 51.4 Å². The van der Waals surface area contributed by atoms with Gasteiger partial charge in [0.1, 0.15) is 11.6 Å². The molecule has 0 spiro atoms. The van der Waals surface area contributed by atoms with E-state index in [4.69, 9.17) is 9.97 Å². The molecular weight excluding hydrogens is 635 g/mol. The van der Waals surface area contributed by atoms with Crippen LogP contribution >= 0.6 is 0 Å². The molecule has 0 saturated heterocycles. The zero-order valence-electron chi connectivity index (χ0n) is 29.6. The Hall–Kier alpha value is -6.46. The van der Waals surface area contributed by atoms with Gasteiger partial charge in [-0.05, 0) is 84.1 Å². The molecule has 10 rings (SSSR count). The lowest BCUT2D eigenvalue weighted by Gasteiger charge is -2.20. The van der Waals surface area contributed by atoms with Crippen LogP contribution in [0.5, 0.6) is 0 Å². The summed E-state index contributed by atoms with van der Waals surface area (Å²) in [5, 5.41) is 4.84. The van der Waals surface area contributed by atoms with E-state index < -0.39 is 0 Å². The first-order valence-corrected chi connectivity index (χ1v) is 17.9. The molecule has 0 aliphatic heterocycles. The second-order valence-electron chi connectivity index (χ2n) is 14.9. The minimum Gasteiger partial charge on any atom is -0.354 e. The highest BCUT2D eigenvalue weighted by atomic mass is 15.1. The zero-order chi connectivity index (χ0) is 35.1. The summed E-state index contributed by atoms with van der Waals surface area (Å²) in [5.74, 6) is 1.83. The van der Waals surface area contributed by atoms with Crippen molar-refractivity contribution in [3.8, 4) is 34.0 Å². The van der Waals surface area contributed by atoms with Gasteiger partial charge in [-0.1, -0.05) is 105 Å². The molecule has 250 valence electrons. The molecule has 1 N–H and O–H groups in total. The maximum atomic E-state index is 5.53. The van der Waals surface area contributed by atoms with Crippen LogP contribution in [0.3, 0.4) is 0 Å². The Bertz CT molecular complexity index is 3010. The number of aryl methyl sites for hydroxylation is 1. The van der Waals surface area contributed by atoms with Gasteiger partial charge < -0.3 is 4.98 Å². The molecule has 5 nitrogen and oxygen atoms in total. The Kier molecular flexibility index (Phi) is 6.58. The summed E-state index contributed by atoms with van der Waals surface area (Å²) < 4.78 is 4.63. The van der Waals surface area contributed by atoms with Crippen LogP contribution in [0.15, 0.2) is 146 Å². The third-order valence-electron chi connectivity index (χ3n) is 10.6. The number of nitrogens with one attached hydrogen (secondary N) is 1. The van der Waals surface area contributed by atoms with Crippen molar-refractivity contribution in [3.05, 3.63) is 157 Å². The Morgan fingerprint density at radius 2 is 1.37 bits per heavy atom. The fourth-order valence-corrected chi connectivity index (χ4v) is 7.97. The average Bonchev–Trinajstić information content (AvgIpc) is 3.84. The van der Waals surface area contributed by atoms with Gasteiger partial charge in [0.05, 0.1) is 27.6 Å². The Labute approximate surface area is 301 Å². The predicted octanol–water partition coefficient (Wildman–Crippen LogP) is 12.1. The Morgan fingerprint density at radius 1 is 0.577 bits per heavy atom. The maximum absolute atomic E-state index is 5.53. The second-order valence-corrected chi connectivity index (χ2v) is 14.9. The highest BCUT2D eigenvalue weighted by Gasteiger charge is 2.22. The lowest BCUT2D eigenvalue weighted by molar-refractivity contribution is 0.588. The normalized spacial score (nSPS) is 12.2. The third-order valence-corrected chi connectivity index (χ3v) is 10.6. The molecule has 0 saturated carbocycles. The Balaban J connectivity index is 1.24. The van der Waals surface area contributed by atoms with Crippen molar-refractivity contribution >= 4 is 54.6 Å². The van der Waals surface area contributed by atoms with Crippen molar-refractivity contribution in [2.24, 2.45) is 0 Å². The van der Waals surface area contributed by atoms with Crippen LogP contribution < -0.4 is 0 Å². The first-order chi connectivity index (χ1) is 25.3. The van der Waals surface area contributed by atoms with E-state index in [0.29, 0.717) is 0 Å². The smallest absolute Gasteiger partial charge is 0.147 e. The van der Waals surface area contributed by atoms with Gasteiger partial charge in [0.15, 0.2) is 0 Å². The Morgan fingerprint density at radius 3 is 2.23 bits per heavy atom. The largest absolute Gasteiger partial charge is 0.354 e. The van der Waals surface area contributed by atoms with Crippen LogP contribution in [0.1, 0.15) is 31.9 Å². The molecule has 0 fully saturated rings. The molecule has 0 aliphatic carbocycles. The van der Waals surface area contributed by atoms with Crippen molar-refractivity contribution in [3.63, 3.8) is 0 Å². The first kappa shape index (κ1) is 30.4. The van der Waals surface area contributed by atoms with Crippen LogP contribution in [-0.2, 0) is 5.41 Å². The monoisotopic (exact) mass is 671 g/mol. The van der Waals surface area contributed by atoms with Gasteiger partial charge in [0.2, 0.25) is 0 Å². The zero-order valence-corrected chi connectivity index (χ0v) is 29.6. The number of pyridine rings is 1. The summed E-state index contributed by atoms with van der Waals surface area (Å²) in [6, 6.07) is 50.1. The lowest BCUT2D eigenvalue weighted by Crippen LogP contribution is -2.12. The molecule has 0 radical (unpaired) electrons. The number of nitrogens with zero attached hydrogens (tertiary/aromatic N) is 4. The van der Waals surface area contributed by atoms with E-state index in [1.807, 2.05) is 6.20 Å². The van der Waals surface area contributed by atoms with Crippen LogP contribution in [0.2, 0.25) is 0 Å². The number of imidazole rings is 1. The SMILES string of the molecule is Cc1ccc2c(c1)c1ccc(-c3cccc4c3nc(-c3cccc5c3[nH]c3ccccc35)n4-c3ccccc3)cc1n2-c1cc(C(C)(C)C)ccn1. The molecule has 0 amide bonds. The number of fused-ring (bicyclic) bond motifs is 7. The first-order valence-electron chi connectivity index (χ1n) is 17.9. The van der Waals surface area contributed by atoms with E-state index in [1.54, 1.807) is 0 Å². The van der Waals surface area contributed by atoms with Crippen LogP contribution in [-0.4, -0.2) is 24.1 Å². The minimum absolute atomic E-state index is 0.000309. The van der Waals surface area contributed by atoms with Gasteiger partial charge in [-0.2, -0.15) is 0 Å². The van der Waals surface area contributed by atoms with Crippen molar-refractivity contribution in [2.75, 3.05) is 0 Å². The molecule has 5 heteroatoms. The standard InChI is InChI=1S/C47H37N5/c1-29-20-23-40-38(26-29)35-22-21-30(27-42(35)52(40)43-28-31(24-25-48-43)47(2,3)4)33-15-11-19-41-45(33)50-46(51(41)32-12-6-5-7-13-32)37-17-10-16-36-34-14-8-9-18-39(34)49-44(36)37/h5-28,49H,1-4H3. The molecule has 10 aromatic rings. The van der Waals surface area contributed by atoms with Gasteiger partial charge in [0.25, 0.3) is 0 Å². The van der Waals surface area contributed by atoms with Crippen molar-refractivity contribution < 1.29 is 0 Å². The molecule has 52 heavy (non-hydrogen) atoms. The van der Waals surface area contributed by atoms with Crippen LogP contribution in [0.25, 0.3) is 88.7 Å². The van der Waals surface area contributed by atoms with E-state index in [-0.39, 0.29) is 5.41 Å². The van der Waals surface area contributed by atoms with Crippen LogP contribution in [0, 0.1) is 6.92 Å². The minimum atomic E-state index is 0.000309. The summed E-state index contributed by atoms with van der Waals surface area (Å²) in [4.78, 5) is 14.2. The maximum Gasteiger partial charge on any atom is 0.147 e. The van der Waals surface area contributed by atoms with Crippen molar-refractivity contribution in [1.82, 2.24) is 24.1 Å². The number of aromatic nitrogens is 5. The highest BCUT2D eigenvalue weighted by molar-refractivity contribution is 6.13. The van der Waals surface area contributed by atoms with Gasteiger partial charge in [-0.25, -0.2) is 9.97 Å². The molecule has 0 atom stereocenters. The summed E-state index contributed by atoms with van der Waals surface area (Å²) in [5.41, 5.74) is 13.3. The molecule has 0 aliphatic rings. The molecule has 0 bridgehead atoms. The number of benzene rings is 6. The second kappa shape index (κ2) is 11.3. The van der Waals surface area contributed by atoms with E-state index in [0.717, 1.165) is 67.1 Å². The fourth-order valence-electron chi connectivity index (χ4n) is 7.97. The number of para-hydroxylation sites is 4. The average molecular weight is 672 g/mol. The summed E-state index contributed by atoms with van der Waals surface area (Å²) >= 11 is 0. The highest BCUT2D eigenvalue weighted by Crippen LogP contribution is 2.40. The number of rotatable bonds is 4. The molecule has 4 heterocycles. The fraction of sp³-hybridized carbons (Fsp3) is 0.106. The van der Waals surface area contributed by atoms with E-state index in [9.17, 15) is 0 Å². The van der Waals surface area contributed by atoms with Gasteiger partial charge >= 0.3 is 0 Å². The number of H-pyrrole nitrogens is 1. The summed E-state index contributed by atoms with van der Waals surface area (Å²) in [6.45, 7) is 8.91. The van der Waals surface area contributed by atoms with Crippen molar-refractivity contribution in [2.45, 2.75) is 33.1 Å². The number of hydrogen-bond acceptors (Lipinski definition) is 2. The summed E-state index contributed by atoms with van der Waals surface area (Å²) in [7, 11) is 0. The van der Waals surface area contributed by atoms with Crippen LogP contribution in [0.4, 0.5) is 0 Å². The predicted molar refractivity (Wildman–Crippen MR) is 217 cm³/mol. The van der Waals surface area contributed by atoms with Gasteiger partial charge in [-0.3, -0.25) is 9.13 Å². The molecular formula is C47H37N5. The lowest BCUT2D eigenvalue weighted by atomic mass is 9.88. The summed E-state index contributed by atoms with van der Waals surface area (Å²) in [6.07, 6.45) is 1.94. The molecule has 4 aromatic heterocycles. The van der Waals surface area contributed by atoms with Crippen molar-refractivity contribution in [1.29, 1.82) is 0 Å². The molecule has 6 aromatic carbocycles. The van der Waals surface area contributed by atoms with E-state index in [2.05, 4.69) is 181 Å². The van der Waals surface area contributed by atoms with E-state index >= 15 is 0 Å². The number of hydrogen-bond donors (Lipinski definition) is 1. The quantitative estimate of drug-likeness (QED) is 0.202. The van der Waals surface area contributed by atoms with Gasteiger partial charge in [0, 0.05) is 50.1 Å². The van der Waals surface area contributed by atoms with E-state index in [1.165, 1.54) is 32.7 Å².